The Balaban J connectivity index is 0.00000182. The Morgan fingerprint density at radius 1 is 1.08 bits per heavy atom. The van der Waals surface area contributed by atoms with E-state index in [9.17, 15) is 8.42 Å². The van der Waals surface area contributed by atoms with Gasteiger partial charge in [-0.05, 0) is 47.4 Å². The molecule has 5 nitrogen and oxygen atoms in total. The lowest BCUT2D eigenvalue weighted by Gasteiger charge is -2.27. The minimum atomic E-state index is -3.53. The van der Waals surface area contributed by atoms with Crippen LogP contribution in [0.5, 0.6) is 0 Å². The van der Waals surface area contributed by atoms with Crippen molar-refractivity contribution >= 4 is 22.4 Å². The zero-order valence-corrected chi connectivity index (χ0v) is 15.3. The first-order valence-corrected chi connectivity index (χ1v) is 9.62. The molecule has 2 N–H and O–H groups in total. The standard InChI is InChI=1S/C18H20N2O3S.ClH/c21-24(22,16-6-5-14-11-23-12-15(14)9-16)20-10-18-17-4-2-1-3-13(17)7-8-19-18;/h1-6,9,18-20H,7-8,10-12H2;1H. The molecule has 7 heteroatoms. The van der Waals surface area contributed by atoms with Crippen molar-refractivity contribution in [2.45, 2.75) is 30.6 Å². The fraction of sp³-hybridized carbons (Fsp3) is 0.333. The molecule has 0 spiro atoms. The number of hydrogen-bond donors (Lipinski definition) is 2. The van der Waals surface area contributed by atoms with Gasteiger partial charge < -0.3 is 10.1 Å². The van der Waals surface area contributed by atoms with E-state index in [0.717, 1.165) is 24.1 Å². The average molecular weight is 381 g/mol. The molecule has 0 radical (unpaired) electrons. The summed E-state index contributed by atoms with van der Waals surface area (Å²) in [5, 5.41) is 3.39. The van der Waals surface area contributed by atoms with Crippen molar-refractivity contribution in [1.29, 1.82) is 0 Å². The summed E-state index contributed by atoms with van der Waals surface area (Å²) in [6.07, 6.45) is 0.976. The molecule has 1 unspecified atom stereocenters. The molecule has 0 bridgehead atoms. The summed E-state index contributed by atoms with van der Waals surface area (Å²) in [5.74, 6) is 0. The number of halogens is 1. The summed E-state index contributed by atoms with van der Waals surface area (Å²) in [4.78, 5) is 0.302. The second kappa shape index (κ2) is 7.43. The molecular formula is C18H21ClN2O3S. The average Bonchev–Trinajstić information content (AvgIpc) is 3.07. The minimum absolute atomic E-state index is 0. The zero-order chi connectivity index (χ0) is 16.6. The SMILES string of the molecule is Cl.O=S(=O)(NCC1NCCc2ccccc21)c1ccc2c(c1)COC2. The maximum Gasteiger partial charge on any atom is 0.240 e. The van der Waals surface area contributed by atoms with E-state index in [-0.39, 0.29) is 18.4 Å². The van der Waals surface area contributed by atoms with Crippen LogP contribution in [0.25, 0.3) is 0 Å². The third-order valence-corrected chi connectivity index (χ3v) is 6.12. The van der Waals surface area contributed by atoms with Crippen LogP contribution in [0, 0.1) is 0 Å². The highest BCUT2D eigenvalue weighted by molar-refractivity contribution is 7.89. The van der Waals surface area contributed by atoms with E-state index in [4.69, 9.17) is 4.74 Å². The monoisotopic (exact) mass is 380 g/mol. The summed E-state index contributed by atoms with van der Waals surface area (Å²) in [6, 6.07) is 13.4. The van der Waals surface area contributed by atoms with Crippen LogP contribution in [0.1, 0.15) is 28.3 Å². The summed E-state index contributed by atoms with van der Waals surface area (Å²) >= 11 is 0. The summed E-state index contributed by atoms with van der Waals surface area (Å²) in [7, 11) is -3.53. The Labute approximate surface area is 154 Å². The molecular weight excluding hydrogens is 360 g/mol. The minimum Gasteiger partial charge on any atom is -0.372 e. The zero-order valence-electron chi connectivity index (χ0n) is 13.7. The maximum absolute atomic E-state index is 12.6. The Hall–Kier alpha value is -1.44. The molecule has 0 fully saturated rings. The fourth-order valence-electron chi connectivity index (χ4n) is 3.37. The smallest absolute Gasteiger partial charge is 0.240 e. The van der Waals surface area contributed by atoms with E-state index in [0.29, 0.717) is 24.7 Å². The van der Waals surface area contributed by atoms with Gasteiger partial charge in [0.25, 0.3) is 0 Å². The lowest BCUT2D eigenvalue weighted by atomic mass is 9.95. The van der Waals surface area contributed by atoms with Crippen LogP contribution in [0.3, 0.4) is 0 Å². The molecule has 2 aromatic rings. The molecule has 0 amide bonds. The van der Waals surface area contributed by atoms with E-state index in [1.54, 1.807) is 12.1 Å². The van der Waals surface area contributed by atoms with E-state index < -0.39 is 10.0 Å². The molecule has 134 valence electrons. The second-order valence-electron chi connectivity index (χ2n) is 6.23. The Morgan fingerprint density at radius 2 is 1.88 bits per heavy atom. The molecule has 25 heavy (non-hydrogen) atoms. The van der Waals surface area contributed by atoms with Crippen LogP contribution >= 0.6 is 12.4 Å². The van der Waals surface area contributed by atoms with E-state index in [2.05, 4.69) is 22.2 Å². The van der Waals surface area contributed by atoms with Crippen LogP contribution in [0.2, 0.25) is 0 Å². The van der Waals surface area contributed by atoms with Crippen molar-refractivity contribution in [2.75, 3.05) is 13.1 Å². The first-order valence-electron chi connectivity index (χ1n) is 8.14. The van der Waals surface area contributed by atoms with Gasteiger partial charge in [-0.3, -0.25) is 0 Å². The highest BCUT2D eigenvalue weighted by atomic mass is 35.5. The van der Waals surface area contributed by atoms with Gasteiger partial charge in [0.05, 0.1) is 18.1 Å². The highest BCUT2D eigenvalue weighted by Gasteiger charge is 2.23. The largest absolute Gasteiger partial charge is 0.372 e. The number of sulfonamides is 1. The van der Waals surface area contributed by atoms with Gasteiger partial charge in [-0.2, -0.15) is 0 Å². The molecule has 0 saturated carbocycles. The van der Waals surface area contributed by atoms with Crippen molar-refractivity contribution in [3.8, 4) is 0 Å². The van der Waals surface area contributed by atoms with Crippen molar-refractivity contribution < 1.29 is 13.2 Å². The van der Waals surface area contributed by atoms with Crippen LogP contribution in [-0.2, 0) is 34.4 Å². The maximum atomic E-state index is 12.6. The van der Waals surface area contributed by atoms with Gasteiger partial charge in [0, 0.05) is 12.6 Å². The summed E-state index contributed by atoms with van der Waals surface area (Å²) in [5.41, 5.74) is 4.49. The molecule has 0 saturated heterocycles. The molecule has 1 atom stereocenters. The predicted molar refractivity (Wildman–Crippen MR) is 98.3 cm³/mol. The van der Waals surface area contributed by atoms with Crippen LogP contribution in [0.4, 0.5) is 0 Å². The molecule has 0 aliphatic carbocycles. The first-order chi connectivity index (χ1) is 11.6. The summed E-state index contributed by atoms with van der Waals surface area (Å²) < 4.78 is 33.3. The molecule has 4 rings (SSSR count). The van der Waals surface area contributed by atoms with Crippen molar-refractivity contribution in [3.63, 3.8) is 0 Å². The van der Waals surface area contributed by atoms with Gasteiger partial charge in [0.2, 0.25) is 10.0 Å². The van der Waals surface area contributed by atoms with E-state index in [1.165, 1.54) is 11.1 Å². The van der Waals surface area contributed by atoms with Crippen molar-refractivity contribution in [2.24, 2.45) is 0 Å². The quantitative estimate of drug-likeness (QED) is 0.854. The van der Waals surface area contributed by atoms with E-state index >= 15 is 0 Å². The normalized spacial score (nSPS) is 19.0. The van der Waals surface area contributed by atoms with Gasteiger partial charge in [-0.15, -0.1) is 12.4 Å². The molecule has 0 aromatic heterocycles. The fourth-order valence-corrected chi connectivity index (χ4v) is 4.46. The predicted octanol–water partition coefficient (Wildman–Crippen LogP) is 2.30. The first kappa shape index (κ1) is 18.4. The van der Waals surface area contributed by atoms with Gasteiger partial charge in [-0.25, -0.2) is 13.1 Å². The van der Waals surface area contributed by atoms with Crippen LogP contribution < -0.4 is 10.0 Å². The molecule has 2 aliphatic rings. The number of fused-ring (bicyclic) bond motifs is 2. The van der Waals surface area contributed by atoms with Crippen molar-refractivity contribution in [3.05, 3.63) is 64.7 Å². The van der Waals surface area contributed by atoms with Crippen LogP contribution in [0.15, 0.2) is 47.4 Å². The van der Waals surface area contributed by atoms with Crippen LogP contribution in [-0.4, -0.2) is 21.5 Å². The Bertz CT molecular complexity index is 870. The lowest BCUT2D eigenvalue weighted by molar-refractivity contribution is 0.134. The molecule has 2 aromatic carbocycles. The van der Waals surface area contributed by atoms with E-state index in [1.807, 2.05) is 18.2 Å². The number of ether oxygens (including phenoxy) is 1. The summed E-state index contributed by atoms with van der Waals surface area (Å²) in [6.45, 7) is 2.24. The third-order valence-electron chi connectivity index (χ3n) is 4.70. The topological polar surface area (TPSA) is 67.4 Å². The van der Waals surface area contributed by atoms with Crippen molar-refractivity contribution in [1.82, 2.24) is 10.0 Å². The number of hydrogen-bond acceptors (Lipinski definition) is 4. The van der Waals surface area contributed by atoms with Gasteiger partial charge >= 0.3 is 0 Å². The number of benzene rings is 2. The number of rotatable bonds is 4. The Morgan fingerprint density at radius 3 is 2.76 bits per heavy atom. The molecule has 2 aliphatic heterocycles. The Kier molecular flexibility index (Phi) is 5.46. The highest BCUT2D eigenvalue weighted by Crippen LogP contribution is 2.24. The van der Waals surface area contributed by atoms with Gasteiger partial charge in [0.1, 0.15) is 0 Å². The third kappa shape index (κ3) is 3.73. The lowest BCUT2D eigenvalue weighted by Crippen LogP contribution is -2.38. The second-order valence-corrected chi connectivity index (χ2v) is 8.00. The number of nitrogens with one attached hydrogen (secondary N) is 2. The molecule has 2 heterocycles. The van der Waals surface area contributed by atoms with Gasteiger partial charge in [0.15, 0.2) is 0 Å². The van der Waals surface area contributed by atoms with Gasteiger partial charge in [-0.1, -0.05) is 30.3 Å².